The number of rotatable bonds is 5. The summed E-state index contributed by atoms with van der Waals surface area (Å²) in [5, 5.41) is 3.72. The molecule has 0 bridgehead atoms. The number of amides is 1. The van der Waals surface area contributed by atoms with Gasteiger partial charge >= 0.3 is 0 Å². The second kappa shape index (κ2) is 8.80. The van der Waals surface area contributed by atoms with Crippen LogP contribution in [0.15, 0.2) is 47.4 Å². The molecule has 1 aliphatic rings. The van der Waals surface area contributed by atoms with Gasteiger partial charge in [0, 0.05) is 47.5 Å². The van der Waals surface area contributed by atoms with E-state index >= 15 is 0 Å². The number of anilines is 2. The van der Waals surface area contributed by atoms with Crippen molar-refractivity contribution in [1.29, 1.82) is 0 Å². The Kier molecular flexibility index (Phi) is 6.46. The van der Waals surface area contributed by atoms with Gasteiger partial charge in [0.25, 0.3) is 0 Å². The van der Waals surface area contributed by atoms with Gasteiger partial charge in [0.1, 0.15) is 0 Å². The standard InChI is InChI=1S/C20H24ClN3OS/c1-15-13-17(24-11-9-23(2)10-12-24)5-8-19(15)22-20(25)14-26-18-6-3-16(21)4-7-18/h3-8,13H,9-12,14H2,1-2H3,(H,22,25). The average Bonchev–Trinajstić information content (AvgIpc) is 2.63. The molecule has 1 amide bonds. The lowest BCUT2D eigenvalue weighted by Crippen LogP contribution is -2.44. The van der Waals surface area contributed by atoms with Gasteiger partial charge in [-0.15, -0.1) is 11.8 Å². The first-order valence-corrected chi connectivity index (χ1v) is 10.1. The Hall–Kier alpha value is -1.69. The van der Waals surface area contributed by atoms with E-state index in [9.17, 15) is 4.79 Å². The highest BCUT2D eigenvalue weighted by atomic mass is 35.5. The van der Waals surface area contributed by atoms with E-state index in [0.717, 1.165) is 42.3 Å². The zero-order valence-corrected chi connectivity index (χ0v) is 16.7. The highest BCUT2D eigenvalue weighted by Crippen LogP contribution is 2.25. The summed E-state index contributed by atoms with van der Waals surface area (Å²) in [6.45, 7) is 6.29. The van der Waals surface area contributed by atoms with Gasteiger partial charge in [-0.1, -0.05) is 11.6 Å². The lowest BCUT2D eigenvalue weighted by atomic mass is 10.1. The van der Waals surface area contributed by atoms with E-state index in [0.29, 0.717) is 10.8 Å². The molecule has 1 saturated heterocycles. The van der Waals surface area contributed by atoms with Crippen molar-refractivity contribution >= 4 is 40.6 Å². The Morgan fingerprint density at radius 1 is 1.12 bits per heavy atom. The molecule has 0 radical (unpaired) electrons. The SMILES string of the molecule is Cc1cc(N2CCN(C)CC2)ccc1NC(=O)CSc1ccc(Cl)cc1. The molecule has 0 atom stereocenters. The molecule has 0 spiro atoms. The maximum Gasteiger partial charge on any atom is 0.234 e. The first-order valence-electron chi connectivity index (χ1n) is 8.73. The molecule has 2 aromatic rings. The fourth-order valence-electron chi connectivity index (χ4n) is 2.92. The van der Waals surface area contributed by atoms with E-state index in [4.69, 9.17) is 11.6 Å². The van der Waals surface area contributed by atoms with Crippen LogP contribution >= 0.6 is 23.4 Å². The lowest BCUT2D eigenvalue weighted by molar-refractivity contribution is -0.113. The summed E-state index contributed by atoms with van der Waals surface area (Å²) in [5.41, 5.74) is 3.19. The van der Waals surface area contributed by atoms with Crippen LogP contribution in [-0.2, 0) is 4.79 Å². The maximum atomic E-state index is 12.3. The summed E-state index contributed by atoms with van der Waals surface area (Å²) in [6, 6.07) is 13.8. The second-order valence-electron chi connectivity index (χ2n) is 6.58. The number of nitrogens with one attached hydrogen (secondary N) is 1. The van der Waals surface area contributed by atoms with E-state index in [1.807, 2.05) is 37.3 Å². The number of nitrogens with zero attached hydrogens (tertiary/aromatic N) is 2. The summed E-state index contributed by atoms with van der Waals surface area (Å²) in [4.78, 5) is 18.0. The molecule has 1 fully saturated rings. The highest BCUT2D eigenvalue weighted by molar-refractivity contribution is 8.00. The maximum absolute atomic E-state index is 12.3. The van der Waals surface area contributed by atoms with Gasteiger partial charge in [-0.05, 0) is 62.0 Å². The first-order chi connectivity index (χ1) is 12.5. The van der Waals surface area contributed by atoms with Crippen LogP contribution in [0, 0.1) is 6.92 Å². The number of carbonyl (C=O) groups excluding carboxylic acids is 1. The molecule has 0 aromatic heterocycles. The molecule has 2 aromatic carbocycles. The average molecular weight is 390 g/mol. The van der Waals surface area contributed by atoms with Crippen molar-refractivity contribution in [1.82, 2.24) is 4.90 Å². The molecule has 0 unspecified atom stereocenters. The molecule has 6 heteroatoms. The Balaban J connectivity index is 1.55. The topological polar surface area (TPSA) is 35.6 Å². The Labute approximate surface area is 164 Å². The minimum Gasteiger partial charge on any atom is -0.369 e. The molecule has 0 saturated carbocycles. The normalized spacial score (nSPS) is 15.1. The van der Waals surface area contributed by atoms with Gasteiger partial charge in [-0.2, -0.15) is 0 Å². The quantitative estimate of drug-likeness (QED) is 0.780. The van der Waals surface area contributed by atoms with E-state index < -0.39 is 0 Å². The molecular formula is C20H24ClN3OS. The molecule has 0 aliphatic carbocycles. The molecule has 3 rings (SSSR count). The molecular weight excluding hydrogens is 366 g/mol. The van der Waals surface area contributed by atoms with E-state index in [2.05, 4.69) is 34.3 Å². The number of thioether (sulfide) groups is 1. The van der Waals surface area contributed by atoms with Crippen LogP contribution in [-0.4, -0.2) is 49.8 Å². The van der Waals surface area contributed by atoms with Crippen LogP contribution in [0.1, 0.15) is 5.56 Å². The number of likely N-dealkylation sites (N-methyl/N-ethyl adjacent to an activating group) is 1. The number of aryl methyl sites for hydroxylation is 1. The van der Waals surface area contributed by atoms with Crippen LogP contribution in [0.25, 0.3) is 0 Å². The van der Waals surface area contributed by atoms with Crippen molar-refractivity contribution in [2.24, 2.45) is 0 Å². The Morgan fingerprint density at radius 3 is 2.46 bits per heavy atom. The number of hydrogen-bond acceptors (Lipinski definition) is 4. The van der Waals surface area contributed by atoms with Crippen LogP contribution in [0.4, 0.5) is 11.4 Å². The third kappa shape index (κ3) is 5.16. The van der Waals surface area contributed by atoms with E-state index in [1.54, 1.807) is 0 Å². The van der Waals surface area contributed by atoms with E-state index in [-0.39, 0.29) is 5.91 Å². The second-order valence-corrected chi connectivity index (χ2v) is 8.07. The molecule has 26 heavy (non-hydrogen) atoms. The van der Waals surface area contributed by atoms with Gasteiger partial charge < -0.3 is 15.1 Å². The zero-order valence-electron chi connectivity index (χ0n) is 15.2. The fourth-order valence-corrected chi connectivity index (χ4v) is 3.74. The van der Waals surface area contributed by atoms with Crippen LogP contribution < -0.4 is 10.2 Å². The molecule has 1 heterocycles. The van der Waals surface area contributed by atoms with Crippen LogP contribution in [0.5, 0.6) is 0 Å². The predicted molar refractivity (Wildman–Crippen MR) is 112 cm³/mol. The number of piperazine rings is 1. The van der Waals surface area contributed by atoms with Gasteiger partial charge in [-0.25, -0.2) is 0 Å². The Morgan fingerprint density at radius 2 is 1.81 bits per heavy atom. The van der Waals surface area contributed by atoms with Gasteiger partial charge in [-0.3, -0.25) is 4.79 Å². The van der Waals surface area contributed by atoms with Gasteiger partial charge in [0.05, 0.1) is 5.75 Å². The van der Waals surface area contributed by atoms with Crippen molar-refractivity contribution in [3.05, 3.63) is 53.1 Å². The largest absolute Gasteiger partial charge is 0.369 e. The molecule has 138 valence electrons. The number of carbonyl (C=O) groups is 1. The third-order valence-electron chi connectivity index (χ3n) is 4.54. The number of halogens is 1. The summed E-state index contributed by atoms with van der Waals surface area (Å²) < 4.78 is 0. The summed E-state index contributed by atoms with van der Waals surface area (Å²) in [7, 11) is 2.16. The lowest BCUT2D eigenvalue weighted by Gasteiger charge is -2.34. The Bertz CT molecular complexity index is 758. The van der Waals surface area contributed by atoms with E-state index in [1.165, 1.54) is 17.4 Å². The summed E-state index contributed by atoms with van der Waals surface area (Å²) in [5.74, 6) is 0.377. The minimum absolute atomic E-state index is 0.000368. The van der Waals surface area contributed by atoms with Crippen molar-refractivity contribution < 1.29 is 4.79 Å². The van der Waals surface area contributed by atoms with Crippen molar-refractivity contribution in [2.45, 2.75) is 11.8 Å². The number of benzene rings is 2. The van der Waals surface area contributed by atoms with Gasteiger partial charge in [0.2, 0.25) is 5.91 Å². The predicted octanol–water partition coefficient (Wildman–Crippen LogP) is 4.13. The van der Waals surface area contributed by atoms with Crippen LogP contribution in [0.2, 0.25) is 5.02 Å². The molecule has 1 aliphatic heterocycles. The summed E-state index contributed by atoms with van der Waals surface area (Å²) >= 11 is 7.39. The number of hydrogen-bond donors (Lipinski definition) is 1. The third-order valence-corrected chi connectivity index (χ3v) is 5.80. The smallest absolute Gasteiger partial charge is 0.234 e. The van der Waals surface area contributed by atoms with Crippen molar-refractivity contribution in [3.63, 3.8) is 0 Å². The zero-order chi connectivity index (χ0) is 18.5. The minimum atomic E-state index is 0.000368. The molecule has 4 nitrogen and oxygen atoms in total. The van der Waals surface area contributed by atoms with Gasteiger partial charge in [0.15, 0.2) is 0 Å². The first kappa shape index (κ1) is 19.1. The van der Waals surface area contributed by atoms with Crippen molar-refractivity contribution in [2.75, 3.05) is 49.2 Å². The fraction of sp³-hybridized carbons (Fsp3) is 0.350. The van der Waals surface area contributed by atoms with Crippen molar-refractivity contribution in [3.8, 4) is 0 Å². The molecule has 1 N–H and O–H groups in total. The summed E-state index contributed by atoms with van der Waals surface area (Å²) in [6.07, 6.45) is 0. The highest BCUT2D eigenvalue weighted by Gasteiger charge is 2.15. The monoisotopic (exact) mass is 389 g/mol. The van der Waals surface area contributed by atoms with Crippen LogP contribution in [0.3, 0.4) is 0 Å².